The lowest BCUT2D eigenvalue weighted by molar-refractivity contribution is 0.102. The molecule has 0 spiro atoms. The molecular weight excluding hydrogens is 364 g/mol. The minimum Gasteiger partial charge on any atom is -0.489 e. The Hall–Kier alpha value is -3.41. The number of amides is 1. The number of hydrogen-bond acceptors (Lipinski definition) is 5. The van der Waals surface area contributed by atoms with Crippen LogP contribution >= 0.6 is 0 Å². The molecule has 0 atom stereocenters. The minimum absolute atomic E-state index is 0.0128. The van der Waals surface area contributed by atoms with Crippen LogP contribution in [-0.4, -0.2) is 28.5 Å². The van der Waals surface area contributed by atoms with Crippen molar-refractivity contribution in [2.75, 3.05) is 17.2 Å². The molecule has 0 saturated heterocycles. The minimum atomic E-state index is -0.306. The summed E-state index contributed by atoms with van der Waals surface area (Å²) < 4.78 is 5.75. The molecule has 0 aliphatic heterocycles. The molecule has 6 nitrogen and oxygen atoms in total. The fourth-order valence-electron chi connectivity index (χ4n) is 2.82. The maximum atomic E-state index is 12.6. The van der Waals surface area contributed by atoms with Crippen LogP contribution in [0.2, 0.25) is 0 Å². The predicted octanol–water partition coefficient (Wildman–Crippen LogP) is 4.56. The Morgan fingerprint density at radius 1 is 1.03 bits per heavy atom. The lowest BCUT2D eigenvalue weighted by Gasteiger charge is -2.14. The van der Waals surface area contributed by atoms with Crippen molar-refractivity contribution in [3.63, 3.8) is 0 Å². The van der Waals surface area contributed by atoms with Crippen molar-refractivity contribution in [2.24, 2.45) is 0 Å². The molecule has 150 valence electrons. The van der Waals surface area contributed by atoms with E-state index >= 15 is 0 Å². The molecule has 0 aliphatic rings. The van der Waals surface area contributed by atoms with Gasteiger partial charge in [-0.05, 0) is 50.5 Å². The van der Waals surface area contributed by atoms with E-state index in [1.807, 2.05) is 50.2 Å². The lowest BCUT2D eigenvalue weighted by atomic mass is 10.1. The van der Waals surface area contributed by atoms with Crippen LogP contribution in [0.5, 0.6) is 5.75 Å². The third-order valence-electron chi connectivity index (χ3n) is 4.15. The summed E-state index contributed by atoms with van der Waals surface area (Å²) in [6.07, 6.45) is 3.52. The highest BCUT2D eigenvalue weighted by atomic mass is 16.5. The van der Waals surface area contributed by atoms with E-state index in [1.54, 1.807) is 18.3 Å². The van der Waals surface area contributed by atoms with Gasteiger partial charge >= 0.3 is 0 Å². The Balaban J connectivity index is 1.57. The van der Waals surface area contributed by atoms with E-state index in [2.05, 4.69) is 32.7 Å². The van der Waals surface area contributed by atoms with Crippen molar-refractivity contribution in [2.45, 2.75) is 32.8 Å². The van der Waals surface area contributed by atoms with Crippen molar-refractivity contribution in [1.29, 1.82) is 0 Å². The van der Waals surface area contributed by atoms with Gasteiger partial charge in [0.25, 0.3) is 5.91 Å². The van der Waals surface area contributed by atoms with Crippen molar-refractivity contribution in [1.82, 2.24) is 9.97 Å². The van der Waals surface area contributed by atoms with Gasteiger partial charge < -0.3 is 15.4 Å². The third kappa shape index (κ3) is 6.31. The Kier molecular flexibility index (Phi) is 7.16. The second-order valence-corrected chi connectivity index (χ2v) is 6.90. The van der Waals surface area contributed by atoms with Gasteiger partial charge in [-0.25, -0.2) is 9.97 Å². The Morgan fingerprint density at radius 2 is 1.79 bits per heavy atom. The SMILES string of the molecule is CC(C)Oc1ccccc1NC(=O)c1ccnc(NCCCc2ccccc2)n1. The highest BCUT2D eigenvalue weighted by Gasteiger charge is 2.12. The number of carbonyl (C=O) groups is 1. The number of ether oxygens (including phenoxy) is 1. The van der Waals surface area contributed by atoms with E-state index in [9.17, 15) is 4.79 Å². The van der Waals surface area contributed by atoms with Crippen LogP contribution in [-0.2, 0) is 6.42 Å². The molecule has 29 heavy (non-hydrogen) atoms. The molecule has 6 heteroatoms. The molecule has 0 bridgehead atoms. The van der Waals surface area contributed by atoms with Crippen LogP contribution in [0.1, 0.15) is 36.3 Å². The summed E-state index contributed by atoms with van der Waals surface area (Å²) in [5.41, 5.74) is 2.21. The van der Waals surface area contributed by atoms with E-state index < -0.39 is 0 Å². The Morgan fingerprint density at radius 3 is 2.59 bits per heavy atom. The molecular formula is C23H26N4O2. The highest BCUT2D eigenvalue weighted by Crippen LogP contribution is 2.25. The average Bonchev–Trinajstić information content (AvgIpc) is 2.73. The monoisotopic (exact) mass is 390 g/mol. The molecule has 3 rings (SSSR count). The van der Waals surface area contributed by atoms with E-state index in [-0.39, 0.29) is 12.0 Å². The number of rotatable bonds is 9. The molecule has 0 radical (unpaired) electrons. The van der Waals surface area contributed by atoms with Gasteiger partial charge in [0.05, 0.1) is 11.8 Å². The summed E-state index contributed by atoms with van der Waals surface area (Å²) in [5, 5.41) is 6.05. The lowest BCUT2D eigenvalue weighted by Crippen LogP contribution is -2.17. The van der Waals surface area contributed by atoms with Crippen molar-refractivity contribution < 1.29 is 9.53 Å². The molecule has 2 N–H and O–H groups in total. The zero-order valence-corrected chi connectivity index (χ0v) is 16.8. The van der Waals surface area contributed by atoms with Gasteiger partial charge in [-0.15, -0.1) is 0 Å². The van der Waals surface area contributed by atoms with E-state index in [4.69, 9.17) is 4.74 Å². The van der Waals surface area contributed by atoms with Gasteiger partial charge in [0.1, 0.15) is 11.4 Å². The highest BCUT2D eigenvalue weighted by molar-refractivity contribution is 6.03. The van der Waals surface area contributed by atoms with Crippen molar-refractivity contribution >= 4 is 17.5 Å². The summed E-state index contributed by atoms with van der Waals surface area (Å²) in [5.74, 6) is 0.765. The fourth-order valence-corrected chi connectivity index (χ4v) is 2.82. The summed E-state index contributed by atoms with van der Waals surface area (Å²) >= 11 is 0. The molecule has 1 amide bonds. The number of carbonyl (C=O) groups excluding carboxylic acids is 1. The third-order valence-corrected chi connectivity index (χ3v) is 4.15. The van der Waals surface area contributed by atoms with Gasteiger partial charge in [-0.2, -0.15) is 0 Å². The van der Waals surface area contributed by atoms with Gasteiger partial charge in [-0.3, -0.25) is 4.79 Å². The van der Waals surface area contributed by atoms with Crippen LogP contribution in [0.3, 0.4) is 0 Å². The molecule has 1 aromatic heterocycles. The zero-order chi connectivity index (χ0) is 20.5. The maximum Gasteiger partial charge on any atom is 0.274 e. The number of anilines is 2. The number of nitrogens with one attached hydrogen (secondary N) is 2. The van der Waals surface area contributed by atoms with E-state index in [1.165, 1.54) is 5.56 Å². The second kappa shape index (κ2) is 10.2. The number of aryl methyl sites for hydroxylation is 1. The van der Waals surface area contributed by atoms with Gasteiger partial charge in [0, 0.05) is 12.7 Å². The molecule has 0 fully saturated rings. The topological polar surface area (TPSA) is 76.1 Å². The van der Waals surface area contributed by atoms with Crippen molar-refractivity contribution in [3.05, 3.63) is 78.1 Å². The summed E-state index contributed by atoms with van der Waals surface area (Å²) in [6.45, 7) is 4.61. The molecule has 1 heterocycles. The molecule has 0 unspecified atom stereocenters. The Bertz CT molecular complexity index is 929. The number of benzene rings is 2. The summed E-state index contributed by atoms with van der Waals surface area (Å²) in [6, 6.07) is 19.3. The van der Waals surface area contributed by atoms with E-state index in [0.717, 1.165) is 19.4 Å². The molecule has 2 aromatic carbocycles. The first kappa shape index (κ1) is 20.3. The molecule has 0 saturated carbocycles. The van der Waals surface area contributed by atoms with Gasteiger partial charge in [-0.1, -0.05) is 42.5 Å². The summed E-state index contributed by atoms with van der Waals surface area (Å²) in [4.78, 5) is 21.2. The quantitative estimate of drug-likeness (QED) is 0.524. The van der Waals surface area contributed by atoms with Crippen molar-refractivity contribution in [3.8, 4) is 5.75 Å². The smallest absolute Gasteiger partial charge is 0.274 e. The zero-order valence-electron chi connectivity index (χ0n) is 16.8. The van der Waals surface area contributed by atoms with Crippen LogP contribution in [0.4, 0.5) is 11.6 Å². The van der Waals surface area contributed by atoms with Gasteiger partial charge in [0.15, 0.2) is 0 Å². The van der Waals surface area contributed by atoms with Crippen LogP contribution in [0.25, 0.3) is 0 Å². The van der Waals surface area contributed by atoms with E-state index in [0.29, 0.717) is 23.1 Å². The largest absolute Gasteiger partial charge is 0.489 e. The fraction of sp³-hybridized carbons (Fsp3) is 0.261. The van der Waals surface area contributed by atoms with Gasteiger partial charge in [0.2, 0.25) is 5.95 Å². The first-order valence-electron chi connectivity index (χ1n) is 9.79. The maximum absolute atomic E-state index is 12.6. The molecule has 0 aliphatic carbocycles. The van der Waals surface area contributed by atoms with Crippen LogP contribution in [0, 0.1) is 0 Å². The second-order valence-electron chi connectivity index (χ2n) is 6.90. The normalized spacial score (nSPS) is 10.6. The number of hydrogen-bond donors (Lipinski definition) is 2. The number of nitrogens with zero attached hydrogens (tertiary/aromatic N) is 2. The molecule has 3 aromatic rings. The van der Waals surface area contributed by atoms with Crippen LogP contribution < -0.4 is 15.4 Å². The van der Waals surface area contributed by atoms with Crippen LogP contribution in [0.15, 0.2) is 66.9 Å². The predicted molar refractivity (Wildman–Crippen MR) is 115 cm³/mol. The standard InChI is InChI=1S/C23H26N4O2/c1-17(2)29-21-13-7-6-12-19(21)26-22(28)20-14-16-25-23(27-20)24-15-8-11-18-9-4-3-5-10-18/h3-7,9-10,12-14,16-17H,8,11,15H2,1-2H3,(H,26,28)(H,24,25,27). The summed E-state index contributed by atoms with van der Waals surface area (Å²) in [7, 11) is 0. The first-order chi connectivity index (χ1) is 14.1. The average molecular weight is 390 g/mol. The number of para-hydroxylation sites is 2. The number of aromatic nitrogens is 2. The first-order valence-corrected chi connectivity index (χ1v) is 9.79. The Labute approximate surface area is 171 Å².